The molecule has 0 radical (unpaired) electrons. The van der Waals surface area contributed by atoms with Gasteiger partial charge in [0.1, 0.15) is 11.5 Å². The fraction of sp³-hybridized carbons (Fsp3) is 0.250. The van der Waals surface area contributed by atoms with Crippen molar-refractivity contribution in [2.45, 2.75) is 25.4 Å². The van der Waals surface area contributed by atoms with E-state index < -0.39 is 0 Å². The number of benzene rings is 2. The fourth-order valence-electron chi connectivity index (χ4n) is 2.00. The van der Waals surface area contributed by atoms with Crippen molar-refractivity contribution >= 4 is 27.5 Å². The Labute approximate surface area is 132 Å². The molecule has 3 rings (SSSR count). The maximum Gasteiger partial charge on any atom is 0.133 e. The highest BCUT2D eigenvalue weighted by atomic mass is 79.9. The molecule has 1 saturated carbocycles. The van der Waals surface area contributed by atoms with E-state index in [-0.39, 0.29) is 0 Å². The fourth-order valence-corrected chi connectivity index (χ4v) is 2.61. The molecule has 4 heteroatoms. The van der Waals surface area contributed by atoms with Crippen molar-refractivity contribution in [2.24, 2.45) is 0 Å². The Balaban J connectivity index is 1.82. The molecular weight excluding hydrogens is 338 g/mol. The molecule has 20 heavy (non-hydrogen) atoms. The van der Waals surface area contributed by atoms with Gasteiger partial charge in [0.2, 0.25) is 0 Å². The largest absolute Gasteiger partial charge is 0.457 e. The second kappa shape index (κ2) is 6.17. The van der Waals surface area contributed by atoms with Crippen molar-refractivity contribution in [1.29, 1.82) is 0 Å². The summed E-state index contributed by atoms with van der Waals surface area (Å²) >= 11 is 9.75. The molecule has 1 fully saturated rings. The highest BCUT2D eigenvalue weighted by Crippen LogP contribution is 2.32. The Bertz CT molecular complexity index is 613. The van der Waals surface area contributed by atoms with E-state index in [4.69, 9.17) is 16.3 Å². The van der Waals surface area contributed by atoms with Gasteiger partial charge in [-0.2, -0.15) is 0 Å². The molecule has 0 bridgehead atoms. The summed E-state index contributed by atoms with van der Waals surface area (Å²) in [5, 5.41) is 4.22. The number of hydrogen-bond acceptors (Lipinski definition) is 2. The lowest BCUT2D eigenvalue weighted by Crippen LogP contribution is -2.16. The highest BCUT2D eigenvalue weighted by molar-refractivity contribution is 9.10. The van der Waals surface area contributed by atoms with Gasteiger partial charge in [0.05, 0.1) is 0 Å². The van der Waals surface area contributed by atoms with Crippen LogP contribution in [0.5, 0.6) is 11.5 Å². The number of nitrogens with one attached hydrogen (secondary N) is 1. The van der Waals surface area contributed by atoms with Crippen molar-refractivity contribution in [3.05, 3.63) is 57.5 Å². The minimum atomic E-state index is 0.644. The second-order valence-corrected chi connectivity index (χ2v) is 6.25. The maximum atomic E-state index is 6.30. The van der Waals surface area contributed by atoms with Crippen LogP contribution < -0.4 is 10.1 Å². The standard InChI is InChI=1S/C16H15BrClNO/c17-11-3-1-4-13(9-11)20-16-6-2-5-15(18)14(16)10-19-12-7-8-12/h1-6,9,12,19H,7-8,10H2. The van der Waals surface area contributed by atoms with Crippen molar-refractivity contribution in [1.82, 2.24) is 5.32 Å². The Morgan fingerprint density at radius 2 is 2.00 bits per heavy atom. The first-order valence-corrected chi connectivity index (χ1v) is 7.83. The van der Waals surface area contributed by atoms with Crippen LogP contribution in [0, 0.1) is 0 Å². The summed E-state index contributed by atoms with van der Waals surface area (Å²) in [6.07, 6.45) is 2.51. The molecule has 0 spiro atoms. The van der Waals surface area contributed by atoms with Crippen molar-refractivity contribution in [3.8, 4) is 11.5 Å². The normalized spacial score (nSPS) is 14.3. The first-order valence-electron chi connectivity index (χ1n) is 6.66. The molecule has 2 aromatic carbocycles. The summed E-state index contributed by atoms with van der Waals surface area (Å²) in [6.45, 7) is 0.744. The van der Waals surface area contributed by atoms with Crippen LogP contribution in [-0.2, 0) is 6.54 Å². The van der Waals surface area contributed by atoms with Crippen molar-refractivity contribution < 1.29 is 4.74 Å². The molecular formula is C16H15BrClNO. The molecule has 0 unspecified atom stereocenters. The number of rotatable bonds is 5. The van der Waals surface area contributed by atoms with E-state index in [2.05, 4.69) is 21.2 Å². The Morgan fingerprint density at radius 1 is 1.20 bits per heavy atom. The Kier molecular flexibility index (Phi) is 4.29. The third-order valence-corrected chi connectivity index (χ3v) is 4.09. The number of hydrogen-bond donors (Lipinski definition) is 1. The van der Waals surface area contributed by atoms with E-state index in [1.54, 1.807) is 0 Å². The SMILES string of the molecule is Clc1cccc(Oc2cccc(Br)c2)c1CNC1CC1. The van der Waals surface area contributed by atoms with Crippen molar-refractivity contribution in [3.63, 3.8) is 0 Å². The lowest BCUT2D eigenvalue weighted by molar-refractivity contribution is 0.472. The summed E-state index contributed by atoms with van der Waals surface area (Å²) in [7, 11) is 0. The molecule has 1 aliphatic rings. The summed E-state index contributed by atoms with van der Waals surface area (Å²) in [4.78, 5) is 0. The predicted molar refractivity (Wildman–Crippen MR) is 85.5 cm³/mol. The molecule has 2 nitrogen and oxygen atoms in total. The quantitative estimate of drug-likeness (QED) is 0.804. The third-order valence-electron chi connectivity index (χ3n) is 3.24. The first kappa shape index (κ1) is 13.9. The molecule has 0 aromatic heterocycles. The maximum absolute atomic E-state index is 6.30. The molecule has 0 aliphatic heterocycles. The summed E-state index contributed by atoms with van der Waals surface area (Å²) in [5.41, 5.74) is 1.01. The molecule has 0 atom stereocenters. The van der Waals surface area contributed by atoms with Gasteiger partial charge >= 0.3 is 0 Å². The topological polar surface area (TPSA) is 21.3 Å². The lowest BCUT2D eigenvalue weighted by Gasteiger charge is -2.13. The zero-order valence-electron chi connectivity index (χ0n) is 10.9. The molecule has 0 heterocycles. The first-order chi connectivity index (χ1) is 9.72. The minimum Gasteiger partial charge on any atom is -0.457 e. The molecule has 0 saturated heterocycles. The molecule has 0 amide bonds. The highest BCUT2D eigenvalue weighted by Gasteiger charge is 2.21. The number of halogens is 2. The summed E-state index contributed by atoms with van der Waals surface area (Å²) in [6, 6.07) is 14.2. The summed E-state index contributed by atoms with van der Waals surface area (Å²) in [5.74, 6) is 1.61. The van der Waals surface area contributed by atoms with E-state index in [0.29, 0.717) is 6.04 Å². The zero-order chi connectivity index (χ0) is 13.9. The number of ether oxygens (including phenoxy) is 1. The van der Waals surface area contributed by atoms with Crippen LogP contribution in [0.3, 0.4) is 0 Å². The van der Waals surface area contributed by atoms with Crippen LogP contribution in [0.15, 0.2) is 46.9 Å². The molecule has 1 N–H and O–H groups in total. The van der Waals surface area contributed by atoms with E-state index in [1.807, 2.05) is 42.5 Å². The predicted octanol–water partition coefficient (Wildman–Crippen LogP) is 5.15. The van der Waals surface area contributed by atoms with Gasteiger partial charge in [-0.05, 0) is 43.2 Å². The van der Waals surface area contributed by atoms with E-state index >= 15 is 0 Å². The van der Waals surface area contributed by atoms with Crippen LogP contribution in [0.25, 0.3) is 0 Å². The van der Waals surface area contributed by atoms with Gasteiger partial charge in [-0.1, -0.05) is 39.7 Å². The smallest absolute Gasteiger partial charge is 0.133 e. The van der Waals surface area contributed by atoms with Gasteiger partial charge in [-0.15, -0.1) is 0 Å². The molecule has 2 aromatic rings. The van der Waals surface area contributed by atoms with E-state index in [9.17, 15) is 0 Å². The second-order valence-electron chi connectivity index (χ2n) is 4.93. The Hall–Kier alpha value is -1.03. The van der Waals surface area contributed by atoms with Gasteiger partial charge in [-0.25, -0.2) is 0 Å². The van der Waals surface area contributed by atoms with Crippen LogP contribution in [0.4, 0.5) is 0 Å². The minimum absolute atomic E-state index is 0.644. The van der Waals surface area contributed by atoms with Crippen LogP contribution in [-0.4, -0.2) is 6.04 Å². The molecule has 104 valence electrons. The van der Waals surface area contributed by atoms with Gasteiger partial charge in [-0.3, -0.25) is 0 Å². The summed E-state index contributed by atoms with van der Waals surface area (Å²) < 4.78 is 6.96. The van der Waals surface area contributed by atoms with Crippen LogP contribution in [0.1, 0.15) is 18.4 Å². The third kappa shape index (κ3) is 3.54. The van der Waals surface area contributed by atoms with Crippen LogP contribution in [0.2, 0.25) is 5.02 Å². The van der Waals surface area contributed by atoms with Gasteiger partial charge < -0.3 is 10.1 Å². The lowest BCUT2D eigenvalue weighted by atomic mass is 10.2. The zero-order valence-corrected chi connectivity index (χ0v) is 13.2. The average Bonchev–Trinajstić information content (AvgIpc) is 3.22. The monoisotopic (exact) mass is 351 g/mol. The average molecular weight is 353 g/mol. The van der Waals surface area contributed by atoms with Gasteiger partial charge in [0, 0.05) is 27.6 Å². The molecule has 1 aliphatic carbocycles. The van der Waals surface area contributed by atoms with E-state index in [0.717, 1.165) is 33.1 Å². The van der Waals surface area contributed by atoms with Gasteiger partial charge in [0.15, 0.2) is 0 Å². The van der Waals surface area contributed by atoms with Crippen LogP contribution >= 0.6 is 27.5 Å². The van der Waals surface area contributed by atoms with Gasteiger partial charge in [0.25, 0.3) is 0 Å². The Morgan fingerprint density at radius 3 is 2.75 bits per heavy atom. The van der Waals surface area contributed by atoms with Crippen molar-refractivity contribution in [2.75, 3.05) is 0 Å². The van der Waals surface area contributed by atoms with E-state index in [1.165, 1.54) is 12.8 Å².